The summed E-state index contributed by atoms with van der Waals surface area (Å²) in [6.07, 6.45) is 1.52. The summed E-state index contributed by atoms with van der Waals surface area (Å²) < 4.78 is 5.52. The lowest BCUT2D eigenvalue weighted by atomic mass is 9.98. The first-order valence-corrected chi connectivity index (χ1v) is 11.6. The number of aliphatic carboxylic acids is 1. The fourth-order valence-electron chi connectivity index (χ4n) is 4.86. The Labute approximate surface area is 193 Å². The molecule has 0 spiro atoms. The molecule has 2 atom stereocenters. The van der Waals surface area contributed by atoms with E-state index in [1.54, 1.807) is 4.90 Å². The number of carboxylic acid groups (broad SMARTS) is 1. The zero-order chi connectivity index (χ0) is 23.4. The highest BCUT2D eigenvalue weighted by atomic mass is 16.5. The Morgan fingerprint density at radius 3 is 2.30 bits per heavy atom. The first kappa shape index (κ1) is 22.8. The van der Waals surface area contributed by atoms with Crippen LogP contribution < -0.4 is 5.32 Å². The molecule has 2 unspecified atom stereocenters. The number of ether oxygens (including phenoxy) is 1. The van der Waals surface area contributed by atoms with Crippen LogP contribution in [-0.4, -0.2) is 53.7 Å². The van der Waals surface area contributed by atoms with E-state index in [1.165, 1.54) is 0 Å². The summed E-state index contributed by atoms with van der Waals surface area (Å²) in [6.45, 7) is 3.40. The molecule has 2 N–H and O–H groups in total. The molecule has 7 heteroatoms. The minimum Gasteiger partial charge on any atom is -0.481 e. The summed E-state index contributed by atoms with van der Waals surface area (Å²) >= 11 is 0. The maximum Gasteiger partial charge on any atom is 0.407 e. The lowest BCUT2D eigenvalue weighted by Crippen LogP contribution is -2.50. The molecular formula is C26H30N2O5. The van der Waals surface area contributed by atoms with Crippen LogP contribution >= 0.6 is 0 Å². The first-order chi connectivity index (χ1) is 15.9. The van der Waals surface area contributed by atoms with Crippen LogP contribution in [0.15, 0.2) is 48.5 Å². The maximum absolute atomic E-state index is 13.0. The molecule has 2 amide bonds. The molecule has 33 heavy (non-hydrogen) atoms. The largest absolute Gasteiger partial charge is 0.481 e. The Morgan fingerprint density at radius 2 is 1.67 bits per heavy atom. The molecule has 174 valence electrons. The number of alkyl carbamates (subject to hydrolysis) is 1. The first-order valence-electron chi connectivity index (χ1n) is 11.6. The number of fused-ring (bicyclic) bond motifs is 3. The van der Waals surface area contributed by atoms with Crippen LogP contribution in [0.5, 0.6) is 0 Å². The van der Waals surface area contributed by atoms with Crippen molar-refractivity contribution in [2.75, 3.05) is 19.7 Å². The Bertz CT molecular complexity index is 991. The number of benzene rings is 2. The predicted molar refractivity (Wildman–Crippen MR) is 124 cm³/mol. The minimum absolute atomic E-state index is 0.106. The van der Waals surface area contributed by atoms with E-state index in [0.29, 0.717) is 19.0 Å². The average molecular weight is 451 g/mol. The van der Waals surface area contributed by atoms with E-state index in [-0.39, 0.29) is 18.4 Å². The van der Waals surface area contributed by atoms with Gasteiger partial charge in [-0.25, -0.2) is 4.79 Å². The fourth-order valence-corrected chi connectivity index (χ4v) is 4.86. The summed E-state index contributed by atoms with van der Waals surface area (Å²) in [4.78, 5) is 38.7. The Morgan fingerprint density at radius 1 is 1.03 bits per heavy atom. The fraction of sp³-hybridized carbons (Fsp3) is 0.423. The number of nitrogens with one attached hydrogen (secondary N) is 1. The summed E-state index contributed by atoms with van der Waals surface area (Å²) in [5.74, 6) is -1.09. The van der Waals surface area contributed by atoms with Crippen LogP contribution in [-0.2, 0) is 14.3 Å². The second-order valence-corrected chi connectivity index (χ2v) is 8.98. The molecule has 0 saturated carbocycles. The van der Waals surface area contributed by atoms with Crippen molar-refractivity contribution in [2.24, 2.45) is 5.92 Å². The van der Waals surface area contributed by atoms with Crippen LogP contribution in [0.1, 0.15) is 49.7 Å². The number of amides is 2. The molecule has 4 rings (SSSR count). The standard InChI is InChI=1S/C26H30N2O5/c1-17-7-6-13-28(14-12-17)25(31)23(15-24(29)30)27-26(32)33-16-22-20-10-4-2-8-18(20)19-9-3-5-11-21(19)22/h2-5,8-11,17,22-23H,6-7,12-16H2,1H3,(H,27,32)(H,29,30). The molecule has 2 aliphatic rings. The van der Waals surface area contributed by atoms with E-state index >= 15 is 0 Å². The number of hydrogen-bond acceptors (Lipinski definition) is 4. The molecule has 1 heterocycles. The quantitative estimate of drug-likeness (QED) is 0.693. The van der Waals surface area contributed by atoms with Gasteiger partial charge in [0.2, 0.25) is 5.91 Å². The molecule has 0 aromatic heterocycles. The van der Waals surface area contributed by atoms with Crippen molar-refractivity contribution in [3.05, 3.63) is 59.7 Å². The average Bonchev–Trinajstić information content (AvgIpc) is 2.95. The molecule has 1 aliphatic heterocycles. The smallest absolute Gasteiger partial charge is 0.407 e. The van der Waals surface area contributed by atoms with Crippen LogP contribution in [0.2, 0.25) is 0 Å². The van der Waals surface area contributed by atoms with E-state index < -0.39 is 24.5 Å². The van der Waals surface area contributed by atoms with Crippen LogP contribution in [0.4, 0.5) is 4.79 Å². The Hall–Kier alpha value is -3.35. The number of carbonyl (C=O) groups excluding carboxylic acids is 2. The van der Waals surface area contributed by atoms with Crippen molar-refractivity contribution < 1.29 is 24.2 Å². The van der Waals surface area contributed by atoms with Gasteiger partial charge < -0.3 is 20.1 Å². The van der Waals surface area contributed by atoms with Crippen molar-refractivity contribution in [3.63, 3.8) is 0 Å². The van der Waals surface area contributed by atoms with E-state index in [2.05, 4.69) is 24.4 Å². The monoisotopic (exact) mass is 450 g/mol. The van der Waals surface area contributed by atoms with E-state index in [4.69, 9.17) is 4.74 Å². The van der Waals surface area contributed by atoms with Gasteiger partial charge in [0.1, 0.15) is 12.6 Å². The van der Waals surface area contributed by atoms with Gasteiger partial charge in [0.25, 0.3) is 0 Å². The molecule has 0 radical (unpaired) electrons. The zero-order valence-electron chi connectivity index (χ0n) is 18.8. The second kappa shape index (κ2) is 10.1. The number of likely N-dealkylation sites (tertiary alicyclic amines) is 1. The van der Waals surface area contributed by atoms with E-state index in [9.17, 15) is 19.5 Å². The van der Waals surface area contributed by atoms with Crippen molar-refractivity contribution in [3.8, 4) is 11.1 Å². The van der Waals surface area contributed by atoms with Gasteiger partial charge in [0.05, 0.1) is 6.42 Å². The van der Waals surface area contributed by atoms with Crippen molar-refractivity contribution in [1.29, 1.82) is 0 Å². The predicted octanol–water partition coefficient (Wildman–Crippen LogP) is 4.02. The third kappa shape index (κ3) is 5.18. The molecule has 2 aromatic rings. The number of carbonyl (C=O) groups is 3. The third-order valence-electron chi connectivity index (χ3n) is 6.64. The second-order valence-electron chi connectivity index (χ2n) is 8.98. The number of nitrogens with zero attached hydrogens (tertiary/aromatic N) is 1. The molecule has 1 saturated heterocycles. The normalized spacial score (nSPS) is 18.6. The summed E-state index contributed by atoms with van der Waals surface area (Å²) in [7, 11) is 0. The number of rotatable bonds is 6. The lowest BCUT2D eigenvalue weighted by molar-refractivity contribution is -0.142. The molecule has 1 aliphatic carbocycles. The van der Waals surface area contributed by atoms with Crippen LogP contribution in [0, 0.1) is 5.92 Å². The summed E-state index contributed by atoms with van der Waals surface area (Å²) in [6, 6.07) is 14.9. The molecular weight excluding hydrogens is 420 g/mol. The zero-order valence-corrected chi connectivity index (χ0v) is 18.8. The van der Waals surface area contributed by atoms with Gasteiger partial charge in [0, 0.05) is 19.0 Å². The highest BCUT2D eigenvalue weighted by Gasteiger charge is 2.32. The lowest BCUT2D eigenvalue weighted by Gasteiger charge is -2.26. The van der Waals surface area contributed by atoms with Crippen molar-refractivity contribution >= 4 is 18.0 Å². The number of hydrogen-bond donors (Lipinski definition) is 2. The number of carboxylic acids is 1. The van der Waals surface area contributed by atoms with Gasteiger partial charge in [-0.1, -0.05) is 55.5 Å². The van der Waals surface area contributed by atoms with Gasteiger partial charge in [-0.2, -0.15) is 0 Å². The van der Waals surface area contributed by atoms with Gasteiger partial charge >= 0.3 is 12.1 Å². The van der Waals surface area contributed by atoms with Gasteiger partial charge in [-0.3, -0.25) is 9.59 Å². The van der Waals surface area contributed by atoms with Crippen LogP contribution in [0.25, 0.3) is 11.1 Å². The SMILES string of the molecule is CC1CCCN(C(=O)C(CC(=O)O)NC(=O)OCC2c3ccccc3-c3ccccc32)CC1. The van der Waals surface area contributed by atoms with Gasteiger partial charge in [-0.05, 0) is 47.4 Å². The van der Waals surface area contributed by atoms with Gasteiger partial charge in [-0.15, -0.1) is 0 Å². The van der Waals surface area contributed by atoms with Crippen molar-refractivity contribution in [2.45, 2.75) is 44.6 Å². The van der Waals surface area contributed by atoms with Gasteiger partial charge in [0.15, 0.2) is 0 Å². The van der Waals surface area contributed by atoms with Crippen molar-refractivity contribution in [1.82, 2.24) is 10.2 Å². The highest BCUT2D eigenvalue weighted by Crippen LogP contribution is 2.44. The molecule has 1 fully saturated rings. The van der Waals surface area contributed by atoms with Crippen LogP contribution in [0.3, 0.4) is 0 Å². The molecule has 7 nitrogen and oxygen atoms in total. The summed E-state index contributed by atoms with van der Waals surface area (Å²) in [5.41, 5.74) is 4.42. The summed E-state index contributed by atoms with van der Waals surface area (Å²) in [5, 5.41) is 11.8. The Kier molecular flexibility index (Phi) is 6.96. The molecule has 0 bridgehead atoms. The topological polar surface area (TPSA) is 95.9 Å². The highest BCUT2D eigenvalue weighted by molar-refractivity contribution is 5.89. The van der Waals surface area contributed by atoms with E-state index in [1.807, 2.05) is 36.4 Å². The third-order valence-corrected chi connectivity index (χ3v) is 6.64. The maximum atomic E-state index is 13.0. The minimum atomic E-state index is -1.15. The Balaban J connectivity index is 1.42. The van der Waals surface area contributed by atoms with E-state index in [0.717, 1.165) is 41.5 Å². The molecule has 2 aromatic carbocycles.